The van der Waals surface area contributed by atoms with E-state index in [2.05, 4.69) is 39.2 Å². The zero-order chi connectivity index (χ0) is 22.7. The zero-order valence-corrected chi connectivity index (χ0v) is 22.2. The molecule has 0 radical (unpaired) electrons. The van der Waals surface area contributed by atoms with Crippen LogP contribution in [0.25, 0.3) is 10.2 Å². The van der Waals surface area contributed by atoms with E-state index in [1.165, 1.54) is 29.0 Å². The second-order valence-corrected chi connectivity index (χ2v) is 9.64. The van der Waals surface area contributed by atoms with Gasteiger partial charge < -0.3 is 9.45 Å². The average Bonchev–Trinajstić information content (AvgIpc) is 3.19. The van der Waals surface area contributed by atoms with Gasteiger partial charge in [-0.05, 0) is 61.4 Å². The minimum Gasteiger partial charge on any atom is -0.744 e. The van der Waals surface area contributed by atoms with E-state index in [-0.39, 0.29) is 34.5 Å². The molecule has 0 saturated carbocycles. The first-order valence-corrected chi connectivity index (χ1v) is 12.2. The van der Waals surface area contributed by atoms with Crippen LogP contribution in [0.4, 0.5) is 16.5 Å². The van der Waals surface area contributed by atoms with Crippen LogP contribution in [0.1, 0.15) is 18.1 Å². The van der Waals surface area contributed by atoms with Crippen molar-refractivity contribution in [1.82, 2.24) is 4.98 Å². The molecule has 0 bridgehead atoms. The third-order valence-corrected chi connectivity index (χ3v) is 6.76. The number of thiazole rings is 1. The monoisotopic (exact) mass is 488 g/mol. The predicted molar refractivity (Wildman–Crippen MR) is 126 cm³/mol. The van der Waals surface area contributed by atoms with Crippen molar-refractivity contribution in [2.75, 3.05) is 11.4 Å². The summed E-state index contributed by atoms with van der Waals surface area (Å²) in [5.74, 6) is 0. The van der Waals surface area contributed by atoms with E-state index in [1.807, 2.05) is 43.3 Å². The van der Waals surface area contributed by atoms with Crippen molar-refractivity contribution in [3.05, 3.63) is 77.9 Å². The molecule has 0 unspecified atom stereocenters. The molecular formula is C23H21N4NaO3S2. The minimum atomic E-state index is -4.52. The number of anilines is 1. The van der Waals surface area contributed by atoms with E-state index in [1.54, 1.807) is 6.07 Å². The van der Waals surface area contributed by atoms with E-state index < -0.39 is 10.1 Å². The first-order valence-electron chi connectivity index (χ1n) is 10.0. The van der Waals surface area contributed by atoms with Gasteiger partial charge in [0.1, 0.15) is 10.1 Å². The molecule has 0 spiro atoms. The van der Waals surface area contributed by atoms with Crippen LogP contribution < -0.4 is 34.5 Å². The van der Waals surface area contributed by atoms with Crippen molar-refractivity contribution in [2.45, 2.75) is 25.3 Å². The Morgan fingerprint density at radius 1 is 1.03 bits per heavy atom. The molecule has 1 heterocycles. The molecular weight excluding hydrogens is 467 g/mol. The molecule has 4 aromatic rings. The molecule has 3 aromatic carbocycles. The van der Waals surface area contributed by atoms with Gasteiger partial charge in [-0.2, -0.15) is 0 Å². The zero-order valence-electron chi connectivity index (χ0n) is 18.6. The fourth-order valence-corrected chi connectivity index (χ4v) is 4.68. The summed E-state index contributed by atoms with van der Waals surface area (Å²) in [6.07, 6.45) is 0. The molecule has 0 fully saturated rings. The van der Waals surface area contributed by atoms with Crippen LogP contribution >= 0.6 is 11.3 Å². The number of nitrogens with zero attached hydrogens (tertiary/aromatic N) is 4. The normalized spacial score (nSPS) is 11.6. The number of fused-ring (bicyclic) bond motifs is 1. The molecule has 0 aliphatic heterocycles. The summed E-state index contributed by atoms with van der Waals surface area (Å²) in [4.78, 5) is 6.28. The maximum atomic E-state index is 11.2. The SMILES string of the molecule is CCN(Cc1ccccc1)c1ccc(N=Nc2nc3cc(S(=O)(=O)[O-])ccc3s2)cc1C.[Na+]. The summed E-state index contributed by atoms with van der Waals surface area (Å²) in [6, 6.07) is 20.4. The van der Waals surface area contributed by atoms with Gasteiger partial charge in [-0.1, -0.05) is 41.7 Å². The first-order chi connectivity index (χ1) is 15.3. The average molecular weight is 489 g/mol. The molecule has 10 heteroatoms. The summed E-state index contributed by atoms with van der Waals surface area (Å²) in [5.41, 5.74) is 4.59. The van der Waals surface area contributed by atoms with Gasteiger partial charge in [0.15, 0.2) is 0 Å². The van der Waals surface area contributed by atoms with Crippen LogP contribution in [0.3, 0.4) is 0 Å². The molecule has 0 atom stereocenters. The Kier molecular flexibility index (Phi) is 8.38. The Labute approximate surface area is 219 Å². The number of rotatable bonds is 7. The van der Waals surface area contributed by atoms with Crippen LogP contribution in [0.2, 0.25) is 0 Å². The van der Waals surface area contributed by atoms with Crippen LogP contribution in [0, 0.1) is 6.92 Å². The van der Waals surface area contributed by atoms with Crippen molar-refractivity contribution in [2.24, 2.45) is 10.2 Å². The summed E-state index contributed by atoms with van der Waals surface area (Å²) in [7, 11) is -4.52. The third-order valence-electron chi connectivity index (χ3n) is 5.01. The largest absolute Gasteiger partial charge is 1.00 e. The number of hydrogen-bond donors (Lipinski definition) is 0. The summed E-state index contributed by atoms with van der Waals surface area (Å²) in [5, 5.41) is 8.88. The first kappa shape index (κ1) is 25.5. The van der Waals surface area contributed by atoms with Crippen molar-refractivity contribution in [3.63, 3.8) is 0 Å². The molecule has 0 N–H and O–H groups in total. The van der Waals surface area contributed by atoms with E-state index in [0.29, 0.717) is 16.3 Å². The van der Waals surface area contributed by atoms with Crippen molar-refractivity contribution < 1.29 is 42.5 Å². The molecule has 164 valence electrons. The maximum Gasteiger partial charge on any atom is 1.00 e. The number of benzene rings is 3. The molecule has 0 amide bonds. The molecule has 0 saturated heterocycles. The van der Waals surface area contributed by atoms with Crippen LogP contribution in [0.15, 0.2) is 81.9 Å². The van der Waals surface area contributed by atoms with Crippen LogP contribution in [0.5, 0.6) is 0 Å². The standard InChI is InChI=1S/C23H22N4O3S2.Na/c1-3-27(15-17-7-5-4-6-8-17)21-11-9-18(13-16(21)2)25-26-23-24-20-14-19(32(28,29)30)10-12-22(20)31-23;/h4-14H,3,15H2,1-2H3,(H,28,29,30);/q;+1/p-1. The summed E-state index contributed by atoms with van der Waals surface area (Å²) >= 11 is 1.28. The fourth-order valence-electron chi connectivity index (χ4n) is 3.42. The van der Waals surface area contributed by atoms with Gasteiger partial charge in [0.2, 0.25) is 5.13 Å². The van der Waals surface area contributed by atoms with Gasteiger partial charge in [-0.15, -0.1) is 10.2 Å². The van der Waals surface area contributed by atoms with Gasteiger partial charge in [0.05, 0.1) is 20.8 Å². The van der Waals surface area contributed by atoms with E-state index in [4.69, 9.17) is 0 Å². The number of azo groups is 1. The Morgan fingerprint density at radius 2 is 1.79 bits per heavy atom. The van der Waals surface area contributed by atoms with Crippen LogP contribution in [-0.4, -0.2) is 24.5 Å². The van der Waals surface area contributed by atoms with Gasteiger partial charge in [0, 0.05) is 18.8 Å². The van der Waals surface area contributed by atoms with E-state index in [0.717, 1.165) is 29.0 Å². The van der Waals surface area contributed by atoms with Gasteiger partial charge >= 0.3 is 29.6 Å². The number of aromatic nitrogens is 1. The number of aryl methyl sites for hydroxylation is 1. The van der Waals surface area contributed by atoms with Crippen molar-refractivity contribution in [1.29, 1.82) is 0 Å². The quantitative estimate of drug-likeness (QED) is 0.226. The Hall–Kier alpha value is -2.14. The minimum absolute atomic E-state index is 0. The summed E-state index contributed by atoms with van der Waals surface area (Å²) in [6.45, 7) is 5.88. The van der Waals surface area contributed by atoms with E-state index >= 15 is 0 Å². The molecule has 0 aliphatic carbocycles. The smallest absolute Gasteiger partial charge is 0.744 e. The Balaban J connectivity index is 0.00000306. The second-order valence-electron chi connectivity index (χ2n) is 7.25. The second kappa shape index (κ2) is 10.9. The molecule has 33 heavy (non-hydrogen) atoms. The van der Waals surface area contributed by atoms with E-state index in [9.17, 15) is 13.0 Å². The van der Waals surface area contributed by atoms with Gasteiger partial charge in [-0.3, -0.25) is 0 Å². The van der Waals surface area contributed by atoms with Gasteiger partial charge in [-0.25, -0.2) is 13.4 Å². The Bertz CT molecular complexity index is 1390. The molecule has 1 aromatic heterocycles. The van der Waals surface area contributed by atoms with Crippen LogP contribution in [-0.2, 0) is 16.7 Å². The Morgan fingerprint density at radius 3 is 2.45 bits per heavy atom. The fraction of sp³-hybridized carbons (Fsp3) is 0.174. The van der Waals surface area contributed by atoms with Crippen molar-refractivity contribution >= 4 is 48.2 Å². The maximum absolute atomic E-state index is 11.2. The molecule has 4 rings (SSSR count). The third kappa shape index (κ3) is 6.26. The molecule has 7 nitrogen and oxygen atoms in total. The predicted octanol–water partition coefficient (Wildman–Crippen LogP) is 2.95. The number of hydrogen-bond acceptors (Lipinski definition) is 8. The summed E-state index contributed by atoms with van der Waals surface area (Å²) < 4.78 is 34.3. The molecule has 0 aliphatic rings. The van der Waals surface area contributed by atoms with Gasteiger partial charge in [0.25, 0.3) is 0 Å². The van der Waals surface area contributed by atoms with Crippen molar-refractivity contribution in [3.8, 4) is 0 Å². The topological polar surface area (TPSA) is 98.1 Å².